The second kappa shape index (κ2) is 46.3. The average molecular weight is 1050 g/mol. The quantitative estimate of drug-likeness (QED) is 0.0466. The fourth-order valence-electron chi connectivity index (χ4n) is 12.6. The zero-order valence-corrected chi connectivity index (χ0v) is 52.3. The first-order chi connectivity index (χ1) is 37.5. The molecule has 1 heterocycles. The van der Waals surface area contributed by atoms with Crippen LogP contribution in [-0.2, 0) is 38.5 Å². The Morgan fingerprint density at radius 1 is 0.263 bits per heavy atom. The van der Waals surface area contributed by atoms with Crippen LogP contribution in [0.2, 0.25) is 0 Å². The topological polar surface area (TPSA) is 25.3 Å². The van der Waals surface area contributed by atoms with Crippen LogP contribution in [0.15, 0.2) is 35.9 Å². The van der Waals surface area contributed by atoms with E-state index >= 15 is 0 Å². The molecule has 0 spiro atoms. The van der Waals surface area contributed by atoms with Gasteiger partial charge in [0.1, 0.15) is 0 Å². The van der Waals surface area contributed by atoms with Gasteiger partial charge in [0.25, 0.3) is 0 Å². The number of unbranched alkanes of at least 4 members (excludes halogenated alkanes) is 37. The molecule has 0 saturated carbocycles. The smallest absolute Gasteiger partial charge is 0.210 e. The highest BCUT2D eigenvalue weighted by atomic mass is 15.2. The van der Waals surface area contributed by atoms with Crippen molar-refractivity contribution >= 4 is 11.4 Å². The lowest BCUT2D eigenvalue weighted by molar-refractivity contribution is -0.344. The maximum atomic E-state index is 12.7. The summed E-state index contributed by atoms with van der Waals surface area (Å²) in [5, 5.41) is 0. The Kier molecular flexibility index (Phi) is 41.3. The molecule has 1 aliphatic heterocycles. The maximum Gasteiger partial charge on any atom is 0.210 e. The van der Waals surface area contributed by atoms with E-state index in [1.165, 1.54) is 299 Å². The van der Waals surface area contributed by atoms with E-state index in [0.29, 0.717) is 0 Å². The molecule has 0 amide bonds. The van der Waals surface area contributed by atoms with E-state index in [9.17, 15) is 5.53 Å². The standard InChI is InChI=1S/C74H128N2/c1-8-15-22-24-26-28-30-32-34-36-38-40-42-44-46-48-50-57-71-64(52-17-10-3)59-69(60-65(71)53-18-11-4)73-63-68(56-21-14-7)74(76(73)75)70-61-66(54-19-12-5)72(67(62-70)55-20-13-6)58-51-49-47-45-43-41-39-37-35-33-31-29-27-25-23-16-9-2/h59-63H,8-58H2,1-7H3. The molecule has 0 aliphatic carbocycles. The highest BCUT2D eigenvalue weighted by Gasteiger charge is 2.31. The average Bonchev–Trinajstić information content (AvgIpc) is 3.78. The van der Waals surface area contributed by atoms with Crippen LogP contribution < -0.4 is 0 Å². The molecule has 2 heteroatoms. The second-order valence-corrected chi connectivity index (χ2v) is 24.6. The van der Waals surface area contributed by atoms with Crippen molar-refractivity contribution in [3.05, 3.63) is 86.0 Å². The highest BCUT2D eigenvalue weighted by Crippen LogP contribution is 2.41. The summed E-state index contributed by atoms with van der Waals surface area (Å²) in [7, 11) is 0. The van der Waals surface area contributed by atoms with Crippen LogP contribution in [0.25, 0.3) is 16.9 Å². The molecule has 2 aromatic rings. The Bertz CT molecular complexity index is 1750. The summed E-state index contributed by atoms with van der Waals surface area (Å²) in [6, 6.07) is 10.1. The van der Waals surface area contributed by atoms with E-state index in [4.69, 9.17) is 0 Å². The number of nitrogens with zero attached hydrogens (tertiary/aromatic N) is 2. The van der Waals surface area contributed by atoms with Crippen molar-refractivity contribution in [3.8, 4) is 0 Å². The van der Waals surface area contributed by atoms with Crippen LogP contribution in [0, 0.1) is 0 Å². The number of allylic oxidation sites excluding steroid dienone is 2. The van der Waals surface area contributed by atoms with Gasteiger partial charge in [0.2, 0.25) is 11.4 Å². The van der Waals surface area contributed by atoms with Gasteiger partial charge in [-0.1, -0.05) is 286 Å². The normalized spacial score (nSPS) is 12.8. The molecule has 2 aromatic carbocycles. The van der Waals surface area contributed by atoms with Crippen molar-refractivity contribution in [3.63, 3.8) is 0 Å². The molecule has 0 aromatic heterocycles. The third kappa shape index (κ3) is 28.6. The Labute approximate surface area is 475 Å². The molecule has 0 unspecified atom stereocenters. The number of benzene rings is 2. The van der Waals surface area contributed by atoms with E-state index in [-0.39, 0.29) is 0 Å². The van der Waals surface area contributed by atoms with Gasteiger partial charge in [0.05, 0.1) is 0 Å². The molecule has 0 bridgehead atoms. The van der Waals surface area contributed by atoms with Crippen LogP contribution in [0.1, 0.15) is 382 Å². The van der Waals surface area contributed by atoms with Crippen LogP contribution in [-0.4, -0.2) is 4.70 Å². The molecule has 0 radical (unpaired) electrons. The first-order valence-electron chi connectivity index (χ1n) is 34.7. The molecule has 434 valence electrons. The molecule has 3 rings (SSSR count). The Balaban J connectivity index is 1.68. The molecule has 0 atom stereocenters. The lowest BCUT2D eigenvalue weighted by Crippen LogP contribution is -2.09. The summed E-state index contributed by atoms with van der Waals surface area (Å²) < 4.78 is 1.66. The highest BCUT2D eigenvalue weighted by molar-refractivity contribution is 5.79. The lowest BCUT2D eigenvalue weighted by atomic mass is 9.87. The van der Waals surface area contributed by atoms with Crippen molar-refractivity contribution in [2.24, 2.45) is 0 Å². The summed E-state index contributed by atoms with van der Waals surface area (Å²) in [4.78, 5) is 0. The van der Waals surface area contributed by atoms with Gasteiger partial charge in [-0.15, -0.1) is 0 Å². The summed E-state index contributed by atoms with van der Waals surface area (Å²) in [6.45, 7) is 16.3. The Morgan fingerprint density at radius 3 is 0.776 bits per heavy atom. The van der Waals surface area contributed by atoms with E-state index in [1.807, 2.05) is 0 Å². The predicted octanol–water partition coefficient (Wildman–Crippen LogP) is 25.4. The van der Waals surface area contributed by atoms with Crippen LogP contribution >= 0.6 is 0 Å². The first-order valence-corrected chi connectivity index (χ1v) is 34.7. The SMILES string of the molecule is CCCCCCCCCCCCCCCCCCCc1c(CCCC)cc(C2=CC(CCCC)=C(c3cc(CCCC)c(CCCCCCCCCCCCCCCCCCC)c(CCCC)c3)[N+]2=[N-])cc1CCCC. The molecule has 76 heavy (non-hydrogen) atoms. The van der Waals surface area contributed by atoms with E-state index in [1.54, 1.807) is 38.1 Å². The minimum Gasteiger partial charge on any atom is -0.493 e. The lowest BCUT2D eigenvalue weighted by Gasteiger charge is -2.20. The molecular weight excluding hydrogens is 917 g/mol. The first kappa shape index (κ1) is 67.8. The number of hydrogen-bond donors (Lipinski definition) is 0. The molecule has 0 N–H and O–H groups in total. The van der Waals surface area contributed by atoms with Crippen molar-refractivity contribution in [2.75, 3.05) is 0 Å². The summed E-state index contributed by atoms with van der Waals surface area (Å²) in [5.74, 6) is 0. The summed E-state index contributed by atoms with van der Waals surface area (Å²) in [6.07, 6.45) is 70.7. The molecular formula is C74H128N2. The third-order valence-corrected chi connectivity index (χ3v) is 17.6. The van der Waals surface area contributed by atoms with Crippen LogP contribution in [0.5, 0.6) is 0 Å². The largest absolute Gasteiger partial charge is 0.493 e. The van der Waals surface area contributed by atoms with Gasteiger partial charge in [-0.05, 0) is 148 Å². The van der Waals surface area contributed by atoms with Gasteiger partial charge in [-0.2, -0.15) is 0 Å². The van der Waals surface area contributed by atoms with Crippen molar-refractivity contribution in [2.45, 2.75) is 376 Å². The number of aryl methyl sites for hydroxylation is 4. The molecule has 0 saturated heterocycles. The maximum absolute atomic E-state index is 12.7. The Hall–Kier alpha value is -2.48. The fourth-order valence-corrected chi connectivity index (χ4v) is 12.6. The minimum atomic E-state index is 0.999. The molecule has 0 fully saturated rings. The molecule has 2 nitrogen and oxygen atoms in total. The zero-order valence-electron chi connectivity index (χ0n) is 52.3. The summed E-state index contributed by atoms with van der Waals surface area (Å²) >= 11 is 0. The third-order valence-electron chi connectivity index (χ3n) is 17.6. The van der Waals surface area contributed by atoms with E-state index in [0.717, 1.165) is 56.3 Å². The van der Waals surface area contributed by atoms with Gasteiger partial charge in [0.15, 0.2) is 0 Å². The number of hydrogen-bond acceptors (Lipinski definition) is 0. The number of rotatable bonds is 53. The molecule has 1 aliphatic rings. The summed E-state index contributed by atoms with van der Waals surface area (Å²) in [5.41, 5.74) is 28.0. The zero-order chi connectivity index (χ0) is 54.5. The second-order valence-electron chi connectivity index (χ2n) is 24.6. The van der Waals surface area contributed by atoms with Crippen molar-refractivity contribution < 1.29 is 4.70 Å². The van der Waals surface area contributed by atoms with Crippen molar-refractivity contribution in [1.29, 1.82) is 0 Å². The van der Waals surface area contributed by atoms with Gasteiger partial charge < -0.3 is 5.53 Å². The van der Waals surface area contributed by atoms with Gasteiger partial charge >= 0.3 is 0 Å². The van der Waals surface area contributed by atoms with Gasteiger partial charge in [-0.3, -0.25) is 0 Å². The fraction of sp³-hybridized carbons (Fsp3) is 0.784. The van der Waals surface area contributed by atoms with Gasteiger partial charge in [0, 0.05) is 22.8 Å². The van der Waals surface area contributed by atoms with E-state index in [2.05, 4.69) is 78.8 Å². The van der Waals surface area contributed by atoms with Crippen LogP contribution in [0.4, 0.5) is 0 Å². The Morgan fingerprint density at radius 2 is 0.500 bits per heavy atom. The van der Waals surface area contributed by atoms with Crippen LogP contribution in [0.3, 0.4) is 0 Å². The minimum absolute atomic E-state index is 0.999. The van der Waals surface area contributed by atoms with Crippen molar-refractivity contribution in [1.82, 2.24) is 0 Å². The van der Waals surface area contributed by atoms with E-state index < -0.39 is 0 Å². The predicted molar refractivity (Wildman–Crippen MR) is 341 cm³/mol. The van der Waals surface area contributed by atoms with Gasteiger partial charge in [-0.25, -0.2) is 4.70 Å². The monoisotopic (exact) mass is 1050 g/mol.